The number of allylic oxidation sites excluding steroid dienone is 1. The van der Waals surface area contributed by atoms with Crippen molar-refractivity contribution in [3.8, 4) is 6.07 Å². The van der Waals surface area contributed by atoms with Crippen molar-refractivity contribution in [1.82, 2.24) is 4.98 Å². The molecule has 3 heteroatoms. The molecular weight excluding hydrogens is 236 g/mol. The molecule has 0 N–H and O–H groups in total. The topological polar surface area (TPSA) is 53.8 Å². The van der Waals surface area contributed by atoms with Crippen LogP contribution in [0.3, 0.4) is 0 Å². The minimum Gasteiger partial charge on any atom is -0.294 e. The molecule has 19 heavy (non-hydrogen) atoms. The highest BCUT2D eigenvalue weighted by molar-refractivity contribution is 5.95. The average Bonchev–Trinajstić information content (AvgIpc) is 2.46. The third kappa shape index (κ3) is 3.90. The van der Waals surface area contributed by atoms with Crippen LogP contribution in [0.5, 0.6) is 0 Å². The summed E-state index contributed by atoms with van der Waals surface area (Å²) in [5.41, 5.74) is 2.32. The van der Waals surface area contributed by atoms with Crippen molar-refractivity contribution < 1.29 is 4.79 Å². The van der Waals surface area contributed by atoms with Gasteiger partial charge in [0.2, 0.25) is 0 Å². The molecule has 92 valence electrons. The van der Waals surface area contributed by atoms with Crippen LogP contribution in [0.4, 0.5) is 0 Å². The van der Waals surface area contributed by atoms with Gasteiger partial charge in [-0.1, -0.05) is 24.3 Å². The lowest BCUT2D eigenvalue weighted by atomic mass is 10.1. The molecule has 0 aliphatic carbocycles. The van der Waals surface area contributed by atoms with Crippen molar-refractivity contribution in [3.63, 3.8) is 0 Å². The predicted molar refractivity (Wildman–Crippen MR) is 73.1 cm³/mol. The highest BCUT2D eigenvalue weighted by atomic mass is 16.1. The summed E-state index contributed by atoms with van der Waals surface area (Å²) in [6.45, 7) is 0. The first-order valence-corrected chi connectivity index (χ1v) is 5.88. The van der Waals surface area contributed by atoms with Crippen molar-refractivity contribution in [3.05, 3.63) is 71.6 Å². The molecule has 1 heterocycles. The van der Waals surface area contributed by atoms with E-state index in [9.17, 15) is 4.79 Å². The van der Waals surface area contributed by atoms with Gasteiger partial charge in [0, 0.05) is 18.8 Å². The Labute approximate surface area is 111 Å². The Kier molecular flexibility index (Phi) is 4.20. The number of aromatic nitrogens is 1. The molecule has 0 amide bonds. The lowest BCUT2D eigenvalue weighted by Gasteiger charge is -1.96. The zero-order valence-corrected chi connectivity index (χ0v) is 10.3. The van der Waals surface area contributed by atoms with E-state index in [1.807, 2.05) is 18.2 Å². The zero-order valence-electron chi connectivity index (χ0n) is 10.3. The SMILES string of the molecule is N#Cc1cccc(C=CC(=O)Cc2cccnc2)c1. The van der Waals surface area contributed by atoms with Crippen LogP contribution in [0.15, 0.2) is 54.9 Å². The Morgan fingerprint density at radius 3 is 2.95 bits per heavy atom. The molecule has 2 rings (SSSR count). The smallest absolute Gasteiger partial charge is 0.160 e. The number of hydrogen-bond donors (Lipinski definition) is 0. The molecule has 0 aliphatic rings. The van der Waals surface area contributed by atoms with E-state index < -0.39 is 0 Å². The minimum atomic E-state index is 0.00959. The molecule has 0 saturated carbocycles. The number of carbonyl (C=O) groups is 1. The van der Waals surface area contributed by atoms with Gasteiger partial charge in [-0.15, -0.1) is 0 Å². The highest BCUT2D eigenvalue weighted by Gasteiger charge is 1.99. The number of nitrogens with zero attached hydrogens (tertiary/aromatic N) is 2. The second-order valence-electron chi connectivity index (χ2n) is 4.07. The van der Waals surface area contributed by atoms with Gasteiger partial charge in [-0.05, 0) is 35.4 Å². The summed E-state index contributed by atoms with van der Waals surface area (Å²) in [5.74, 6) is 0.00959. The highest BCUT2D eigenvalue weighted by Crippen LogP contribution is 2.07. The van der Waals surface area contributed by atoms with E-state index in [-0.39, 0.29) is 5.78 Å². The van der Waals surface area contributed by atoms with Crippen LogP contribution in [-0.2, 0) is 11.2 Å². The fraction of sp³-hybridized carbons (Fsp3) is 0.0625. The second kappa shape index (κ2) is 6.27. The summed E-state index contributed by atoms with van der Waals surface area (Å²) >= 11 is 0. The fourth-order valence-corrected chi connectivity index (χ4v) is 1.66. The number of pyridine rings is 1. The molecule has 0 unspecified atom stereocenters. The van der Waals surface area contributed by atoms with Crippen LogP contribution in [-0.4, -0.2) is 10.8 Å². The maximum atomic E-state index is 11.8. The summed E-state index contributed by atoms with van der Waals surface area (Å²) in [6.07, 6.45) is 6.95. The average molecular weight is 248 g/mol. The van der Waals surface area contributed by atoms with Gasteiger partial charge in [-0.25, -0.2) is 0 Å². The maximum Gasteiger partial charge on any atom is 0.160 e. The Bertz CT molecular complexity index is 639. The van der Waals surface area contributed by atoms with E-state index in [4.69, 9.17) is 5.26 Å². The molecule has 0 bridgehead atoms. The molecule has 0 spiro atoms. The largest absolute Gasteiger partial charge is 0.294 e. The maximum absolute atomic E-state index is 11.8. The lowest BCUT2D eigenvalue weighted by molar-refractivity contribution is -0.113. The van der Waals surface area contributed by atoms with Gasteiger partial charge in [0.1, 0.15) is 0 Å². The van der Waals surface area contributed by atoms with Crippen LogP contribution in [0.1, 0.15) is 16.7 Å². The van der Waals surface area contributed by atoms with Crippen molar-refractivity contribution >= 4 is 11.9 Å². The third-order valence-electron chi connectivity index (χ3n) is 2.58. The Balaban J connectivity index is 2.02. The van der Waals surface area contributed by atoms with Gasteiger partial charge in [0.05, 0.1) is 11.6 Å². The van der Waals surface area contributed by atoms with Gasteiger partial charge in [0.15, 0.2) is 5.78 Å². The summed E-state index contributed by atoms with van der Waals surface area (Å²) in [5, 5.41) is 8.79. The van der Waals surface area contributed by atoms with Crippen molar-refractivity contribution in [2.45, 2.75) is 6.42 Å². The van der Waals surface area contributed by atoms with Crippen LogP contribution in [0.25, 0.3) is 6.08 Å². The van der Waals surface area contributed by atoms with E-state index in [0.717, 1.165) is 11.1 Å². The minimum absolute atomic E-state index is 0.00959. The van der Waals surface area contributed by atoms with Crippen molar-refractivity contribution in [2.24, 2.45) is 0 Å². The Morgan fingerprint density at radius 1 is 1.32 bits per heavy atom. The van der Waals surface area contributed by atoms with Crippen LogP contribution >= 0.6 is 0 Å². The van der Waals surface area contributed by atoms with Gasteiger partial charge >= 0.3 is 0 Å². The van der Waals surface area contributed by atoms with Gasteiger partial charge in [-0.3, -0.25) is 9.78 Å². The molecule has 0 atom stereocenters. The molecule has 2 aromatic rings. The first-order valence-electron chi connectivity index (χ1n) is 5.88. The quantitative estimate of drug-likeness (QED) is 0.782. The van der Waals surface area contributed by atoms with Gasteiger partial charge in [-0.2, -0.15) is 5.26 Å². The van der Waals surface area contributed by atoms with Crippen molar-refractivity contribution in [1.29, 1.82) is 5.26 Å². The fourth-order valence-electron chi connectivity index (χ4n) is 1.66. The number of hydrogen-bond acceptors (Lipinski definition) is 3. The molecule has 0 saturated heterocycles. The Hall–Kier alpha value is -2.73. The molecule has 3 nitrogen and oxygen atoms in total. The summed E-state index contributed by atoms with van der Waals surface area (Å²) in [6, 6.07) is 12.9. The second-order valence-corrected chi connectivity index (χ2v) is 4.07. The van der Waals surface area contributed by atoms with E-state index >= 15 is 0 Å². The number of ketones is 1. The number of carbonyl (C=O) groups excluding carboxylic acids is 1. The van der Waals surface area contributed by atoms with E-state index in [1.54, 1.807) is 36.7 Å². The summed E-state index contributed by atoms with van der Waals surface area (Å²) < 4.78 is 0. The van der Waals surface area contributed by atoms with Gasteiger partial charge < -0.3 is 0 Å². The van der Waals surface area contributed by atoms with E-state index in [0.29, 0.717) is 12.0 Å². The summed E-state index contributed by atoms with van der Waals surface area (Å²) in [7, 11) is 0. The molecule has 1 aromatic heterocycles. The van der Waals surface area contributed by atoms with Gasteiger partial charge in [0.25, 0.3) is 0 Å². The molecule has 0 aliphatic heterocycles. The number of nitriles is 1. The van der Waals surface area contributed by atoms with E-state index in [1.165, 1.54) is 6.08 Å². The zero-order chi connectivity index (χ0) is 13.5. The third-order valence-corrected chi connectivity index (χ3v) is 2.58. The lowest BCUT2D eigenvalue weighted by Crippen LogP contribution is -1.98. The standard InChI is InChI=1S/C16H12N2O/c17-11-14-4-1-3-13(9-14)6-7-16(19)10-15-5-2-8-18-12-15/h1-9,12H,10H2. The molecule has 1 aromatic carbocycles. The molecule has 0 fully saturated rings. The molecule has 0 radical (unpaired) electrons. The molecular formula is C16H12N2O. The predicted octanol–water partition coefficient (Wildman–Crippen LogP) is 2.78. The van der Waals surface area contributed by atoms with Crippen LogP contribution in [0.2, 0.25) is 0 Å². The van der Waals surface area contributed by atoms with Crippen molar-refractivity contribution in [2.75, 3.05) is 0 Å². The first-order chi connectivity index (χ1) is 9.28. The normalized spacial score (nSPS) is 10.3. The monoisotopic (exact) mass is 248 g/mol. The van der Waals surface area contributed by atoms with Crippen LogP contribution < -0.4 is 0 Å². The summed E-state index contributed by atoms with van der Waals surface area (Å²) in [4.78, 5) is 15.7. The number of rotatable bonds is 4. The number of benzene rings is 1. The van der Waals surface area contributed by atoms with Crippen LogP contribution in [0, 0.1) is 11.3 Å². The Morgan fingerprint density at radius 2 is 2.21 bits per heavy atom. The first kappa shape index (κ1) is 12.7. The van der Waals surface area contributed by atoms with E-state index in [2.05, 4.69) is 11.1 Å².